The number of rotatable bonds is 4. The number of aliphatic carboxylic acids is 1. The summed E-state index contributed by atoms with van der Waals surface area (Å²) in [5.74, 6) is -1.03. The molecule has 2 N–H and O–H groups in total. The number of hydrogen-bond donors (Lipinski definition) is 2. The second-order valence-electron chi connectivity index (χ2n) is 5.16. The number of carboxylic acids is 1. The van der Waals surface area contributed by atoms with E-state index in [2.05, 4.69) is 5.32 Å². The van der Waals surface area contributed by atoms with Crippen LogP contribution in [-0.2, 0) is 9.59 Å². The number of carboxylic acid groups (broad SMARTS) is 1. The minimum absolute atomic E-state index is 0.0251. The monoisotopic (exact) mass is 276 g/mol. The molecule has 0 bridgehead atoms. The molecule has 1 aliphatic rings. The van der Waals surface area contributed by atoms with Crippen LogP contribution < -0.4 is 5.32 Å². The van der Waals surface area contributed by atoms with Crippen molar-refractivity contribution in [2.75, 3.05) is 25.0 Å². The van der Waals surface area contributed by atoms with Crippen LogP contribution >= 0.6 is 0 Å². The van der Waals surface area contributed by atoms with Crippen molar-refractivity contribution in [2.45, 2.75) is 19.8 Å². The minimum Gasteiger partial charge on any atom is -0.481 e. The number of carbonyl (C=O) groups excluding carboxylic acids is 1. The third-order valence-electron chi connectivity index (χ3n) is 3.77. The quantitative estimate of drug-likeness (QED) is 0.878. The van der Waals surface area contributed by atoms with Crippen LogP contribution in [-0.4, -0.2) is 41.5 Å². The topological polar surface area (TPSA) is 69.6 Å². The molecule has 0 unspecified atom stereocenters. The second kappa shape index (κ2) is 6.41. The summed E-state index contributed by atoms with van der Waals surface area (Å²) >= 11 is 0. The highest BCUT2D eigenvalue weighted by molar-refractivity contribution is 5.81. The molecule has 1 aromatic rings. The zero-order valence-corrected chi connectivity index (χ0v) is 11.6. The molecule has 1 fully saturated rings. The lowest BCUT2D eigenvalue weighted by atomic mass is 9.97. The third-order valence-corrected chi connectivity index (χ3v) is 3.77. The summed E-state index contributed by atoms with van der Waals surface area (Å²) in [6, 6.07) is 7.82. The van der Waals surface area contributed by atoms with E-state index in [4.69, 9.17) is 5.11 Å². The number of anilines is 1. The lowest BCUT2D eigenvalue weighted by Crippen LogP contribution is -2.42. The Morgan fingerprint density at radius 2 is 1.95 bits per heavy atom. The van der Waals surface area contributed by atoms with Crippen LogP contribution in [0.4, 0.5) is 5.69 Å². The summed E-state index contributed by atoms with van der Waals surface area (Å²) < 4.78 is 0. The van der Waals surface area contributed by atoms with Crippen LogP contribution in [0.15, 0.2) is 24.3 Å². The van der Waals surface area contributed by atoms with Crippen LogP contribution in [0.5, 0.6) is 0 Å². The SMILES string of the molecule is Cc1ccccc1NCC(=O)N1CCC(C(=O)O)CC1. The van der Waals surface area contributed by atoms with Gasteiger partial charge in [0.25, 0.3) is 0 Å². The predicted octanol–water partition coefficient (Wildman–Crippen LogP) is 1.73. The predicted molar refractivity (Wildman–Crippen MR) is 76.6 cm³/mol. The Hall–Kier alpha value is -2.04. The van der Waals surface area contributed by atoms with Crippen molar-refractivity contribution >= 4 is 17.6 Å². The molecule has 1 amide bonds. The van der Waals surface area contributed by atoms with Gasteiger partial charge in [-0.25, -0.2) is 0 Å². The molecule has 0 saturated carbocycles. The van der Waals surface area contributed by atoms with Crippen molar-refractivity contribution in [3.63, 3.8) is 0 Å². The normalized spacial score (nSPS) is 15.9. The maximum absolute atomic E-state index is 12.1. The Bertz CT molecular complexity index is 494. The van der Waals surface area contributed by atoms with E-state index in [1.807, 2.05) is 31.2 Å². The molecule has 2 rings (SSSR count). The van der Waals surface area contributed by atoms with E-state index in [0.29, 0.717) is 25.9 Å². The first kappa shape index (κ1) is 14.4. The Labute approximate surface area is 118 Å². The van der Waals surface area contributed by atoms with Crippen LogP contribution in [0.1, 0.15) is 18.4 Å². The molecule has 0 atom stereocenters. The lowest BCUT2D eigenvalue weighted by Gasteiger charge is -2.30. The zero-order valence-electron chi connectivity index (χ0n) is 11.6. The van der Waals surface area contributed by atoms with Crippen LogP contribution in [0, 0.1) is 12.8 Å². The molecular formula is C15H20N2O3. The number of amides is 1. The Kier molecular flexibility index (Phi) is 4.61. The van der Waals surface area contributed by atoms with Gasteiger partial charge < -0.3 is 15.3 Å². The maximum atomic E-state index is 12.1. The van der Waals surface area contributed by atoms with Gasteiger partial charge in [0.2, 0.25) is 5.91 Å². The summed E-state index contributed by atoms with van der Waals surface area (Å²) in [7, 11) is 0. The third kappa shape index (κ3) is 3.50. The van der Waals surface area contributed by atoms with Gasteiger partial charge in [0.1, 0.15) is 0 Å². The number of hydrogen-bond acceptors (Lipinski definition) is 3. The smallest absolute Gasteiger partial charge is 0.306 e. The first-order chi connectivity index (χ1) is 9.58. The van der Waals surface area contributed by atoms with Gasteiger partial charge in [-0.1, -0.05) is 18.2 Å². The van der Waals surface area contributed by atoms with E-state index in [1.54, 1.807) is 4.90 Å². The van der Waals surface area contributed by atoms with E-state index in [-0.39, 0.29) is 18.4 Å². The fourth-order valence-corrected chi connectivity index (χ4v) is 2.43. The van der Waals surface area contributed by atoms with Gasteiger partial charge in [0.15, 0.2) is 0 Å². The molecule has 0 radical (unpaired) electrons. The number of nitrogens with one attached hydrogen (secondary N) is 1. The Balaban J connectivity index is 1.82. The first-order valence-electron chi connectivity index (χ1n) is 6.88. The number of benzene rings is 1. The van der Waals surface area contributed by atoms with Gasteiger partial charge in [-0.05, 0) is 31.4 Å². The van der Waals surface area contributed by atoms with Crippen LogP contribution in [0.25, 0.3) is 0 Å². The average Bonchev–Trinajstić information content (AvgIpc) is 2.46. The number of likely N-dealkylation sites (tertiary alicyclic amines) is 1. The average molecular weight is 276 g/mol. The highest BCUT2D eigenvalue weighted by Crippen LogP contribution is 2.18. The summed E-state index contributed by atoms with van der Waals surface area (Å²) in [6.45, 7) is 3.31. The van der Waals surface area contributed by atoms with Crippen molar-refractivity contribution in [1.29, 1.82) is 0 Å². The van der Waals surface area contributed by atoms with Gasteiger partial charge in [0.05, 0.1) is 12.5 Å². The van der Waals surface area contributed by atoms with E-state index in [1.165, 1.54) is 0 Å². The lowest BCUT2D eigenvalue weighted by molar-refractivity contribution is -0.145. The molecular weight excluding hydrogens is 256 g/mol. The number of para-hydroxylation sites is 1. The van der Waals surface area contributed by atoms with Gasteiger partial charge in [-0.15, -0.1) is 0 Å². The van der Waals surface area contributed by atoms with E-state index in [9.17, 15) is 9.59 Å². The fraction of sp³-hybridized carbons (Fsp3) is 0.467. The molecule has 1 heterocycles. The molecule has 1 aromatic carbocycles. The molecule has 0 spiro atoms. The summed E-state index contributed by atoms with van der Waals surface area (Å²) in [4.78, 5) is 24.7. The fourth-order valence-electron chi connectivity index (χ4n) is 2.43. The molecule has 20 heavy (non-hydrogen) atoms. The Morgan fingerprint density at radius 3 is 2.55 bits per heavy atom. The summed E-state index contributed by atoms with van der Waals surface area (Å²) in [5.41, 5.74) is 2.06. The molecule has 0 aromatic heterocycles. The molecule has 5 heteroatoms. The summed E-state index contributed by atoms with van der Waals surface area (Å²) in [6.07, 6.45) is 1.09. The molecule has 5 nitrogen and oxygen atoms in total. The van der Waals surface area contributed by atoms with E-state index in [0.717, 1.165) is 11.3 Å². The van der Waals surface area contributed by atoms with Crippen molar-refractivity contribution in [1.82, 2.24) is 4.90 Å². The number of carbonyl (C=O) groups is 2. The van der Waals surface area contributed by atoms with Crippen molar-refractivity contribution in [3.8, 4) is 0 Å². The van der Waals surface area contributed by atoms with E-state index >= 15 is 0 Å². The standard InChI is InChI=1S/C15H20N2O3/c1-11-4-2-3-5-13(11)16-10-14(18)17-8-6-12(7-9-17)15(19)20/h2-5,12,16H,6-10H2,1H3,(H,19,20). The zero-order chi connectivity index (χ0) is 14.5. The highest BCUT2D eigenvalue weighted by Gasteiger charge is 2.26. The van der Waals surface area contributed by atoms with Crippen molar-refractivity contribution < 1.29 is 14.7 Å². The van der Waals surface area contributed by atoms with E-state index < -0.39 is 5.97 Å². The number of aryl methyl sites for hydroxylation is 1. The summed E-state index contributed by atoms with van der Waals surface area (Å²) in [5, 5.41) is 12.1. The molecule has 108 valence electrons. The highest BCUT2D eigenvalue weighted by atomic mass is 16.4. The molecule has 0 aliphatic carbocycles. The van der Waals surface area contributed by atoms with Crippen LogP contribution in [0.3, 0.4) is 0 Å². The van der Waals surface area contributed by atoms with Gasteiger partial charge in [0, 0.05) is 18.8 Å². The van der Waals surface area contributed by atoms with Crippen LogP contribution in [0.2, 0.25) is 0 Å². The number of piperidine rings is 1. The van der Waals surface area contributed by atoms with Gasteiger partial charge in [-0.3, -0.25) is 9.59 Å². The van der Waals surface area contributed by atoms with Crippen molar-refractivity contribution in [2.24, 2.45) is 5.92 Å². The number of nitrogens with zero attached hydrogens (tertiary/aromatic N) is 1. The second-order valence-corrected chi connectivity index (χ2v) is 5.16. The largest absolute Gasteiger partial charge is 0.481 e. The minimum atomic E-state index is -0.755. The molecule has 1 aliphatic heterocycles. The molecule has 1 saturated heterocycles. The Morgan fingerprint density at radius 1 is 1.30 bits per heavy atom. The van der Waals surface area contributed by atoms with Gasteiger partial charge in [-0.2, -0.15) is 0 Å². The first-order valence-corrected chi connectivity index (χ1v) is 6.88. The van der Waals surface area contributed by atoms with Crippen molar-refractivity contribution in [3.05, 3.63) is 29.8 Å². The van der Waals surface area contributed by atoms with Gasteiger partial charge >= 0.3 is 5.97 Å². The maximum Gasteiger partial charge on any atom is 0.306 e.